The van der Waals surface area contributed by atoms with E-state index < -0.39 is 26.8 Å². The Labute approximate surface area is 186 Å². The van der Waals surface area contributed by atoms with Crippen molar-refractivity contribution in [1.29, 1.82) is 0 Å². The number of benzene rings is 1. The van der Waals surface area contributed by atoms with E-state index in [1.165, 1.54) is 23.6 Å². The number of nitrogens with one attached hydrogen (secondary N) is 1. The number of halogens is 5. The SMILES string of the molecule is Cc1nc(N[C@H](C)c2cccc(S(F)(F)(F)(F)F)c2)c2cn([C@H]3C[C@](C)(O)C3)c(=O)cc2n1. The number of nitrogens with zero attached hydrogens (tertiary/aromatic N) is 3. The topological polar surface area (TPSA) is 80.0 Å². The fourth-order valence-electron chi connectivity index (χ4n) is 4.09. The van der Waals surface area contributed by atoms with Gasteiger partial charge in [0.1, 0.15) is 16.5 Å². The highest BCUT2D eigenvalue weighted by Gasteiger charge is 2.65. The molecule has 0 unspecified atom stereocenters. The molecule has 12 heteroatoms. The van der Waals surface area contributed by atoms with Crippen LogP contribution in [0.2, 0.25) is 0 Å². The van der Waals surface area contributed by atoms with Gasteiger partial charge in [-0.3, -0.25) is 4.79 Å². The Bertz CT molecular complexity index is 1320. The molecule has 1 fully saturated rings. The lowest BCUT2D eigenvalue weighted by Gasteiger charge is -2.41. The Morgan fingerprint density at radius 3 is 2.45 bits per heavy atom. The van der Waals surface area contributed by atoms with Crippen molar-refractivity contribution in [2.45, 2.75) is 56.2 Å². The first-order valence-electron chi connectivity index (χ1n) is 10.2. The summed E-state index contributed by atoms with van der Waals surface area (Å²) >= 11 is 0. The maximum Gasteiger partial charge on any atom is 0.310 e. The zero-order chi connectivity index (χ0) is 24.5. The van der Waals surface area contributed by atoms with Crippen LogP contribution in [-0.2, 0) is 0 Å². The summed E-state index contributed by atoms with van der Waals surface area (Å²) in [5, 5.41) is 13.4. The molecular weight excluding hydrogens is 467 g/mol. The third kappa shape index (κ3) is 4.81. The van der Waals surface area contributed by atoms with Gasteiger partial charge in [-0.25, -0.2) is 9.97 Å². The van der Waals surface area contributed by atoms with Crippen molar-refractivity contribution >= 4 is 26.9 Å². The van der Waals surface area contributed by atoms with Crippen LogP contribution in [0, 0.1) is 6.92 Å². The summed E-state index contributed by atoms with van der Waals surface area (Å²) in [7, 11) is -9.82. The molecule has 1 aromatic carbocycles. The number of hydrogen-bond donors (Lipinski definition) is 2. The molecule has 33 heavy (non-hydrogen) atoms. The monoisotopic (exact) mass is 490 g/mol. The number of aromatic nitrogens is 3. The van der Waals surface area contributed by atoms with E-state index in [2.05, 4.69) is 15.3 Å². The first-order valence-corrected chi connectivity index (χ1v) is 12.1. The second-order valence-electron chi connectivity index (χ2n) is 8.90. The van der Waals surface area contributed by atoms with Crippen LogP contribution in [0.4, 0.5) is 25.2 Å². The highest BCUT2D eigenvalue weighted by molar-refractivity contribution is 8.45. The summed E-state index contributed by atoms with van der Waals surface area (Å²) in [5.41, 5.74) is -0.825. The summed E-state index contributed by atoms with van der Waals surface area (Å²) in [4.78, 5) is 19.2. The number of hydrogen-bond acceptors (Lipinski definition) is 5. The van der Waals surface area contributed by atoms with Crippen molar-refractivity contribution in [2.24, 2.45) is 0 Å². The number of rotatable bonds is 5. The molecule has 0 radical (unpaired) electrons. The molecule has 4 rings (SSSR count). The minimum absolute atomic E-state index is 0.00599. The van der Waals surface area contributed by atoms with Crippen LogP contribution in [0.25, 0.3) is 10.9 Å². The standard InChI is InChI=1S/C21H23F5N4O2S/c1-12(14-5-4-6-16(7-14)33(22,23,24,25)26)27-20-17-11-30(15-9-21(3,32)10-15)19(31)8-18(17)28-13(2)29-20/h4-8,11-12,15,32H,9-10H2,1-3H3,(H,27,28,29)/t12-,15-,21-/m1/s1. The summed E-state index contributed by atoms with van der Waals surface area (Å²) in [6, 6.07) is 3.35. The highest BCUT2D eigenvalue weighted by Crippen LogP contribution is 3.02. The molecule has 0 bridgehead atoms. The van der Waals surface area contributed by atoms with Crippen LogP contribution < -0.4 is 10.9 Å². The maximum atomic E-state index is 13.2. The van der Waals surface area contributed by atoms with Crippen molar-refractivity contribution in [3.63, 3.8) is 0 Å². The average Bonchev–Trinajstić information content (AvgIpc) is 2.64. The van der Waals surface area contributed by atoms with Gasteiger partial charge in [-0.15, -0.1) is 0 Å². The second-order valence-corrected chi connectivity index (χ2v) is 11.3. The molecule has 0 saturated heterocycles. The second kappa shape index (κ2) is 6.66. The smallest absolute Gasteiger partial charge is 0.310 e. The Hall–Kier alpha value is -2.73. The van der Waals surface area contributed by atoms with E-state index in [9.17, 15) is 29.3 Å². The van der Waals surface area contributed by atoms with Gasteiger partial charge < -0.3 is 15.0 Å². The first kappa shape index (κ1) is 23.4. The van der Waals surface area contributed by atoms with E-state index in [0.717, 1.165) is 6.07 Å². The lowest BCUT2D eigenvalue weighted by atomic mass is 9.77. The van der Waals surface area contributed by atoms with Crippen molar-refractivity contribution in [1.82, 2.24) is 14.5 Å². The molecule has 1 atom stereocenters. The summed E-state index contributed by atoms with van der Waals surface area (Å²) in [5.74, 6) is 0.573. The molecular formula is C21H23F5N4O2S. The summed E-state index contributed by atoms with van der Waals surface area (Å²) in [6.07, 6.45) is 2.34. The lowest BCUT2D eigenvalue weighted by Crippen LogP contribution is -2.44. The minimum atomic E-state index is -9.82. The fourth-order valence-corrected chi connectivity index (χ4v) is 4.79. The molecule has 2 N–H and O–H groups in total. The number of aliphatic hydroxyl groups is 1. The third-order valence-corrected chi connectivity index (χ3v) is 6.92. The molecule has 1 aliphatic rings. The Morgan fingerprint density at radius 2 is 1.85 bits per heavy atom. The quantitative estimate of drug-likeness (QED) is 0.428. The molecule has 6 nitrogen and oxygen atoms in total. The van der Waals surface area contributed by atoms with E-state index in [1.54, 1.807) is 20.0 Å². The van der Waals surface area contributed by atoms with Gasteiger partial charge in [-0.05, 0) is 51.3 Å². The maximum absolute atomic E-state index is 13.2. The molecule has 180 valence electrons. The van der Waals surface area contributed by atoms with Gasteiger partial charge in [-0.1, -0.05) is 31.6 Å². The van der Waals surface area contributed by atoms with Crippen LogP contribution in [-0.4, -0.2) is 25.2 Å². The number of aryl methyl sites for hydroxylation is 1. The fraction of sp³-hybridized carbons (Fsp3) is 0.381. The van der Waals surface area contributed by atoms with Crippen LogP contribution in [0.3, 0.4) is 0 Å². The predicted octanol–water partition coefficient (Wildman–Crippen LogP) is 6.02. The van der Waals surface area contributed by atoms with Gasteiger partial charge in [0.2, 0.25) is 0 Å². The molecule has 0 amide bonds. The summed E-state index contributed by atoms with van der Waals surface area (Å²) in [6.45, 7) is 4.79. The number of anilines is 1. The van der Waals surface area contributed by atoms with E-state index in [4.69, 9.17) is 0 Å². The van der Waals surface area contributed by atoms with E-state index in [1.807, 2.05) is 0 Å². The van der Waals surface area contributed by atoms with Crippen LogP contribution >= 0.6 is 10.2 Å². The zero-order valence-corrected chi connectivity index (χ0v) is 18.8. The van der Waals surface area contributed by atoms with E-state index in [0.29, 0.717) is 41.7 Å². The molecule has 2 aromatic heterocycles. The number of pyridine rings is 1. The van der Waals surface area contributed by atoms with Crippen LogP contribution in [0.1, 0.15) is 50.2 Å². The lowest BCUT2D eigenvalue weighted by molar-refractivity contribution is -0.0517. The number of fused-ring (bicyclic) bond motifs is 1. The molecule has 1 saturated carbocycles. The molecule has 3 aromatic rings. The van der Waals surface area contributed by atoms with E-state index >= 15 is 0 Å². The minimum Gasteiger partial charge on any atom is -0.390 e. The average molecular weight is 490 g/mol. The largest absolute Gasteiger partial charge is 0.390 e. The van der Waals surface area contributed by atoms with Crippen molar-refractivity contribution < 1.29 is 24.5 Å². The molecule has 1 aliphatic carbocycles. The van der Waals surface area contributed by atoms with Gasteiger partial charge >= 0.3 is 10.2 Å². The van der Waals surface area contributed by atoms with Crippen LogP contribution in [0.15, 0.2) is 46.2 Å². The Kier molecular flexibility index (Phi) is 4.73. The third-order valence-electron chi connectivity index (χ3n) is 5.77. The van der Waals surface area contributed by atoms with Crippen LogP contribution in [0.5, 0.6) is 0 Å². The highest BCUT2D eigenvalue weighted by atomic mass is 32.5. The molecule has 0 aliphatic heterocycles. The van der Waals surface area contributed by atoms with Gasteiger partial charge in [0.05, 0.1) is 22.5 Å². The first-order chi connectivity index (χ1) is 14.9. The Balaban J connectivity index is 1.72. The molecule has 2 heterocycles. The van der Waals surface area contributed by atoms with Gasteiger partial charge in [0.25, 0.3) is 5.56 Å². The van der Waals surface area contributed by atoms with Crippen molar-refractivity contribution in [3.8, 4) is 0 Å². The Morgan fingerprint density at radius 1 is 1.18 bits per heavy atom. The zero-order valence-electron chi connectivity index (χ0n) is 18.0. The predicted molar refractivity (Wildman–Crippen MR) is 117 cm³/mol. The normalized spacial score (nSPS) is 24.0. The van der Waals surface area contributed by atoms with Gasteiger partial charge in [0.15, 0.2) is 0 Å². The molecule has 0 spiro atoms. The van der Waals surface area contributed by atoms with Gasteiger partial charge in [-0.2, -0.15) is 0 Å². The summed E-state index contributed by atoms with van der Waals surface area (Å²) < 4.78 is 67.7. The van der Waals surface area contributed by atoms with E-state index in [-0.39, 0.29) is 23.0 Å². The van der Waals surface area contributed by atoms with Gasteiger partial charge in [0, 0.05) is 18.3 Å². The van der Waals surface area contributed by atoms with Crippen molar-refractivity contribution in [3.05, 3.63) is 58.3 Å². The van der Waals surface area contributed by atoms with Crippen molar-refractivity contribution in [2.75, 3.05) is 5.32 Å².